The number of carbonyl (C=O) groups is 1. The number of fused-ring (bicyclic) bond motifs is 1. The van der Waals surface area contributed by atoms with Gasteiger partial charge in [-0.15, -0.1) is 0 Å². The van der Waals surface area contributed by atoms with E-state index in [4.69, 9.17) is 5.73 Å². The van der Waals surface area contributed by atoms with E-state index in [1.807, 2.05) is 41.3 Å². The van der Waals surface area contributed by atoms with Gasteiger partial charge in [0.25, 0.3) is 5.91 Å². The van der Waals surface area contributed by atoms with E-state index in [1.54, 1.807) is 12.5 Å². The van der Waals surface area contributed by atoms with Gasteiger partial charge in [-0.05, 0) is 71.4 Å². The highest BCUT2D eigenvalue weighted by Crippen LogP contribution is 2.30. The van der Waals surface area contributed by atoms with Crippen molar-refractivity contribution in [3.63, 3.8) is 0 Å². The van der Waals surface area contributed by atoms with Gasteiger partial charge < -0.3 is 10.6 Å². The molecule has 30 heavy (non-hydrogen) atoms. The van der Waals surface area contributed by atoms with Crippen LogP contribution in [0.4, 0.5) is 0 Å². The fourth-order valence-corrected chi connectivity index (χ4v) is 5.67. The molecular formula is C25H30N2O2S. The summed E-state index contributed by atoms with van der Waals surface area (Å²) in [5, 5.41) is 1.94. The summed E-state index contributed by atoms with van der Waals surface area (Å²) < 4.78 is 12.6. The van der Waals surface area contributed by atoms with Gasteiger partial charge in [0.05, 0.1) is 0 Å². The van der Waals surface area contributed by atoms with Gasteiger partial charge in [0, 0.05) is 30.1 Å². The molecule has 0 atom stereocenters. The largest absolute Gasteiger partial charge is 0.339 e. The standard InChI is InChI=1S/C25H30N2O2S/c1-30(2,29)24-8-4-7-21-16-22(9-10-23(21)24)25(28)27-13-11-19(12-14-27)20-6-3-5-18(15-20)17-26/h3-10,15-16,19,30H,11-14,17,26H2,1-2H3. The number of carbonyl (C=O) groups excluding carboxylic acids is 1. The van der Waals surface area contributed by atoms with E-state index in [9.17, 15) is 9.00 Å². The summed E-state index contributed by atoms with van der Waals surface area (Å²) in [5.41, 5.74) is 8.96. The van der Waals surface area contributed by atoms with E-state index < -0.39 is 9.93 Å². The topological polar surface area (TPSA) is 63.4 Å². The number of piperidine rings is 1. The first kappa shape index (κ1) is 20.8. The Kier molecular flexibility index (Phi) is 5.76. The summed E-state index contributed by atoms with van der Waals surface area (Å²) in [7, 11) is -2.37. The summed E-state index contributed by atoms with van der Waals surface area (Å²) in [6.07, 6.45) is 5.50. The normalized spacial score (nSPS) is 16.0. The SMILES string of the molecule is C[SH](C)(=O)c1cccc2cc(C(=O)N3CCC(c4cccc(CN)c4)CC3)ccc12. The van der Waals surface area contributed by atoms with E-state index in [0.717, 1.165) is 47.2 Å². The smallest absolute Gasteiger partial charge is 0.253 e. The zero-order chi connectivity index (χ0) is 21.3. The van der Waals surface area contributed by atoms with Crippen LogP contribution >= 0.6 is 0 Å². The van der Waals surface area contributed by atoms with Crippen molar-refractivity contribution in [3.8, 4) is 0 Å². The number of hydrogen-bond acceptors (Lipinski definition) is 3. The van der Waals surface area contributed by atoms with Gasteiger partial charge in [-0.3, -0.25) is 9.00 Å². The van der Waals surface area contributed by atoms with Crippen LogP contribution in [0.1, 0.15) is 40.2 Å². The maximum absolute atomic E-state index is 13.1. The lowest BCUT2D eigenvalue weighted by molar-refractivity contribution is 0.0713. The minimum absolute atomic E-state index is 0.0765. The monoisotopic (exact) mass is 422 g/mol. The summed E-state index contributed by atoms with van der Waals surface area (Å²) in [6, 6.07) is 20.1. The highest BCUT2D eigenvalue weighted by atomic mass is 32.2. The zero-order valence-electron chi connectivity index (χ0n) is 17.7. The number of rotatable bonds is 4. The average Bonchev–Trinajstić information content (AvgIpc) is 2.77. The van der Waals surface area contributed by atoms with Gasteiger partial charge >= 0.3 is 0 Å². The highest BCUT2D eigenvalue weighted by Gasteiger charge is 2.25. The first-order valence-corrected chi connectivity index (χ1v) is 13.1. The molecule has 1 fully saturated rings. The molecule has 0 saturated carbocycles. The van der Waals surface area contributed by atoms with Crippen LogP contribution in [0.25, 0.3) is 10.8 Å². The molecule has 3 aromatic rings. The molecule has 1 aliphatic rings. The van der Waals surface area contributed by atoms with Crippen LogP contribution in [-0.2, 0) is 16.5 Å². The zero-order valence-corrected chi connectivity index (χ0v) is 18.6. The molecule has 3 aromatic carbocycles. The first-order chi connectivity index (χ1) is 14.4. The van der Waals surface area contributed by atoms with E-state index in [0.29, 0.717) is 18.0 Å². The molecule has 0 aliphatic carbocycles. The highest BCUT2D eigenvalue weighted by molar-refractivity contribution is 8.02. The number of thiol groups is 1. The van der Waals surface area contributed by atoms with E-state index in [-0.39, 0.29) is 5.91 Å². The van der Waals surface area contributed by atoms with Crippen LogP contribution in [0.5, 0.6) is 0 Å². The number of nitrogens with zero attached hydrogens (tertiary/aromatic N) is 1. The fraction of sp³-hybridized carbons (Fsp3) is 0.320. The van der Waals surface area contributed by atoms with Crippen LogP contribution in [0, 0.1) is 0 Å². The summed E-state index contributed by atoms with van der Waals surface area (Å²) in [5.74, 6) is 0.551. The van der Waals surface area contributed by atoms with Gasteiger partial charge in [0.2, 0.25) is 0 Å². The maximum atomic E-state index is 13.1. The molecule has 1 heterocycles. The lowest BCUT2D eigenvalue weighted by atomic mass is 9.88. The molecule has 0 unspecified atom stereocenters. The third-order valence-corrected chi connectivity index (χ3v) is 7.68. The fourth-order valence-electron chi connectivity index (χ4n) is 4.44. The van der Waals surface area contributed by atoms with Crippen molar-refractivity contribution in [1.82, 2.24) is 4.90 Å². The van der Waals surface area contributed by atoms with Crippen molar-refractivity contribution in [1.29, 1.82) is 0 Å². The molecule has 0 radical (unpaired) electrons. The summed E-state index contributed by atoms with van der Waals surface area (Å²) >= 11 is 0. The minimum Gasteiger partial charge on any atom is -0.339 e. The minimum atomic E-state index is -2.37. The van der Waals surface area contributed by atoms with Crippen molar-refractivity contribution < 1.29 is 9.00 Å². The van der Waals surface area contributed by atoms with Gasteiger partial charge in [-0.2, -0.15) is 0 Å². The number of amides is 1. The average molecular weight is 423 g/mol. The predicted molar refractivity (Wildman–Crippen MR) is 126 cm³/mol. The lowest BCUT2D eigenvalue weighted by Crippen LogP contribution is -2.37. The van der Waals surface area contributed by atoms with Gasteiger partial charge in [0.15, 0.2) is 0 Å². The van der Waals surface area contributed by atoms with Crippen LogP contribution in [0.15, 0.2) is 65.6 Å². The third-order valence-electron chi connectivity index (χ3n) is 6.12. The van der Waals surface area contributed by atoms with Crippen molar-refractivity contribution >= 4 is 26.6 Å². The second kappa shape index (κ2) is 8.32. The Morgan fingerprint density at radius 1 is 1.03 bits per heavy atom. The first-order valence-electron chi connectivity index (χ1n) is 10.5. The number of hydrogen-bond donors (Lipinski definition) is 2. The van der Waals surface area contributed by atoms with Crippen LogP contribution in [0.3, 0.4) is 0 Å². The van der Waals surface area contributed by atoms with Crippen molar-refractivity contribution in [2.75, 3.05) is 25.6 Å². The van der Waals surface area contributed by atoms with Gasteiger partial charge in [-0.1, -0.05) is 52.4 Å². The molecule has 0 bridgehead atoms. The summed E-state index contributed by atoms with van der Waals surface area (Å²) in [6.45, 7) is 2.07. The number of likely N-dealkylation sites (tertiary alicyclic amines) is 1. The molecule has 1 saturated heterocycles. The molecular weight excluding hydrogens is 392 g/mol. The van der Waals surface area contributed by atoms with Crippen molar-refractivity contribution in [2.24, 2.45) is 5.73 Å². The lowest BCUT2D eigenvalue weighted by Gasteiger charge is -2.32. The van der Waals surface area contributed by atoms with E-state index in [1.165, 1.54) is 5.56 Å². The molecule has 2 N–H and O–H groups in total. The maximum Gasteiger partial charge on any atom is 0.253 e. The van der Waals surface area contributed by atoms with Crippen LogP contribution < -0.4 is 5.73 Å². The Morgan fingerprint density at radius 3 is 2.47 bits per heavy atom. The van der Waals surface area contributed by atoms with Gasteiger partial charge in [0.1, 0.15) is 0 Å². The Balaban J connectivity index is 1.50. The van der Waals surface area contributed by atoms with E-state index >= 15 is 0 Å². The predicted octanol–water partition coefficient (Wildman–Crippen LogP) is 3.95. The van der Waals surface area contributed by atoms with Gasteiger partial charge in [-0.25, -0.2) is 0 Å². The number of nitrogens with two attached hydrogens (primary N) is 1. The molecule has 0 spiro atoms. The molecule has 1 amide bonds. The molecule has 5 heteroatoms. The quantitative estimate of drug-likeness (QED) is 0.626. The molecule has 4 rings (SSSR count). The Labute approximate surface area is 179 Å². The second-order valence-electron chi connectivity index (χ2n) is 8.58. The Bertz CT molecular complexity index is 1130. The second-order valence-corrected chi connectivity index (χ2v) is 11.8. The van der Waals surface area contributed by atoms with Crippen molar-refractivity contribution in [3.05, 3.63) is 77.4 Å². The molecule has 158 valence electrons. The molecule has 0 aromatic heterocycles. The van der Waals surface area contributed by atoms with Crippen molar-refractivity contribution in [2.45, 2.75) is 30.2 Å². The van der Waals surface area contributed by atoms with Crippen LogP contribution in [-0.4, -0.2) is 40.6 Å². The third kappa shape index (κ3) is 4.18. The molecule has 1 aliphatic heterocycles. The van der Waals surface area contributed by atoms with Crippen LogP contribution in [0.2, 0.25) is 0 Å². The number of benzene rings is 3. The Morgan fingerprint density at radius 2 is 1.77 bits per heavy atom. The molecule has 4 nitrogen and oxygen atoms in total. The Hall–Kier alpha value is -2.50. The summed E-state index contributed by atoms with van der Waals surface area (Å²) in [4.78, 5) is 16.0. The van der Waals surface area contributed by atoms with E-state index in [2.05, 4.69) is 24.3 Å².